The van der Waals surface area contributed by atoms with Crippen LogP contribution in [0.15, 0.2) is 59.5 Å². The second-order valence-corrected chi connectivity index (χ2v) is 8.83. The van der Waals surface area contributed by atoms with E-state index in [9.17, 15) is 9.59 Å². The number of anilines is 1. The van der Waals surface area contributed by atoms with Crippen LogP contribution < -0.4 is 10.2 Å². The Balaban J connectivity index is 1.21. The molecule has 4 rings (SSSR count). The van der Waals surface area contributed by atoms with E-state index in [2.05, 4.69) is 45.4 Å². The first-order valence-electron chi connectivity index (χ1n) is 10.3. The Morgan fingerprint density at radius 1 is 0.897 bits per heavy atom. The minimum atomic E-state index is -0.281. The fourth-order valence-corrected chi connectivity index (χ4v) is 5.15. The molecule has 1 unspecified atom stereocenters. The van der Waals surface area contributed by atoms with Gasteiger partial charge in [-0.1, -0.05) is 36.8 Å². The number of rotatable bonds is 6. The predicted octanol–water partition coefficient (Wildman–Crippen LogP) is 3.41. The molecule has 0 bridgehead atoms. The molecule has 2 aliphatic heterocycles. The third-order valence-corrected chi connectivity index (χ3v) is 6.96. The van der Waals surface area contributed by atoms with Gasteiger partial charge in [0.1, 0.15) is 0 Å². The molecule has 1 atom stereocenters. The maximum absolute atomic E-state index is 12.4. The molecule has 0 radical (unpaired) electrons. The monoisotopic (exact) mass is 409 g/mol. The Bertz CT molecular complexity index is 850. The van der Waals surface area contributed by atoms with Crippen molar-refractivity contribution in [2.45, 2.75) is 29.4 Å². The van der Waals surface area contributed by atoms with Crippen LogP contribution in [0.4, 0.5) is 5.69 Å². The van der Waals surface area contributed by atoms with Crippen LogP contribution in [-0.4, -0.2) is 54.7 Å². The molecule has 2 amide bonds. The standard InChI is InChI=1S/C23H27N3O2S/c27-22-19-10-4-5-11-20(19)29-21(23(28)24-22)12-6-7-13-25-14-16-26(17-15-25)18-8-2-1-3-9-18/h1-5,8-11,21H,6-7,12-17H2,(H,24,27,28). The van der Waals surface area contributed by atoms with Gasteiger partial charge in [-0.15, -0.1) is 11.8 Å². The minimum absolute atomic E-state index is 0.160. The van der Waals surface area contributed by atoms with Gasteiger partial charge in [0.25, 0.3) is 5.91 Å². The number of imide groups is 1. The number of carbonyl (C=O) groups is 2. The van der Waals surface area contributed by atoms with E-state index >= 15 is 0 Å². The molecule has 2 aliphatic rings. The summed E-state index contributed by atoms with van der Waals surface area (Å²) in [6.45, 7) is 5.34. The van der Waals surface area contributed by atoms with Gasteiger partial charge in [0, 0.05) is 36.8 Å². The number of benzene rings is 2. The maximum Gasteiger partial charge on any atom is 0.259 e. The summed E-state index contributed by atoms with van der Waals surface area (Å²) in [5.74, 6) is -0.440. The summed E-state index contributed by atoms with van der Waals surface area (Å²) < 4.78 is 0. The zero-order valence-electron chi connectivity index (χ0n) is 16.5. The zero-order valence-corrected chi connectivity index (χ0v) is 17.4. The van der Waals surface area contributed by atoms with Crippen molar-refractivity contribution in [3.05, 3.63) is 60.2 Å². The highest BCUT2D eigenvalue weighted by atomic mass is 32.2. The first-order chi connectivity index (χ1) is 14.2. The van der Waals surface area contributed by atoms with Crippen LogP contribution in [0.3, 0.4) is 0 Å². The third-order valence-electron chi connectivity index (χ3n) is 5.61. The summed E-state index contributed by atoms with van der Waals surface area (Å²) in [6.07, 6.45) is 2.85. The summed E-state index contributed by atoms with van der Waals surface area (Å²) in [5.41, 5.74) is 1.91. The minimum Gasteiger partial charge on any atom is -0.369 e. The molecular weight excluding hydrogens is 382 g/mol. The van der Waals surface area contributed by atoms with Crippen molar-refractivity contribution in [3.8, 4) is 0 Å². The molecule has 6 heteroatoms. The van der Waals surface area contributed by atoms with Crippen molar-refractivity contribution in [2.24, 2.45) is 0 Å². The second kappa shape index (κ2) is 9.46. The van der Waals surface area contributed by atoms with Crippen LogP contribution in [-0.2, 0) is 4.79 Å². The highest BCUT2D eigenvalue weighted by Crippen LogP contribution is 2.32. The smallest absolute Gasteiger partial charge is 0.259 e. The number of amides is 2. The van der Waals surface area contributed by atoms with Gasteiger partial charge in [0.2, 0.25) is 5.91 Å². The number of carbonyl (C=O) groups excluding carboxylic acids is 2. The van der Waals surface area contributed by atoms with Crippen molar-refractivity contribution in [3.63, 3.8) is 0 Å². The molecule has 0 spiro atoms. The first-order valence-corrected chi connectivity index (χ1v) is 11.2. The number of para-hydroxylation sites is 1. The zero-order chi connectivity index (χ0) is 20.1. The summed E-state index contributed by atoms with van der Waals surface area (Å²) in [6, 6.07) is 18.1. The molecule has 1 saturated heterocycles. The van der Waals surface area contributed by atoms with Crippen molar-refractivity contribution >= 4 is 29.3 Å². The molecule has 0 saturated carbocycles. The van der Waals surface area contributed by atoms with Gasteiger partial charge in [-0.25, -0.2) is 0 Å². The number of nitrogens with zero attached hydrogens (tertiary/aromatic N) is 2. The van der Waals surface area contributed by atoms with Crippen molar-refractivity contribution < 1.29 is 9.59 Å². The quantitative estimate of drug-likeness (QED) is 0.585. The molecule has 5 nitrogen and oxygen atoms in total. The molecule has 2 aromatic carbocycles. The molecule has 152 valence electrons. The number of nitrogens with one attached hydrogen (secondary N) is 1. The normalized spacial score (nSPS) is 20.1. The van der Waals surface area contributed by atoms with Crippen LogP contribution in [0.5, 0.6) is 0 Å². The van der Waals surface area contributed by atoms with Gasteiger partial charge in [-0.2, -0.15) is 0 Å². The third kappa shape index (κ3) is 5.00. The van der Waals surface area contributed by atoms with Crippen molar-refractivity contribution in [1.82, 2.24) is 10.2 Å². The summed E-state index contributed by atoms with van der Waals surface area (Å²) >= 11 is 1.52. The summed E-state index contributed by atoms with van der Waals surface area (Å²) in [4.78, 5) is 30.4. The van der Waals surface area contributed by atoms with Gasteiger partial charge in [0.15, 0.2) is 0 Å². The highest BCUT2D eigenvalue weighted by molar-refractivity contribution is 8.00. The molecular formula is C23H27N3O2S. The number of piperazine rings is 1. The van der Waals surface area contributed by atoms with E-state index in [-0.39, 0.29) is 17.1 Å². The van der Waals surface area contributed by atoms with Crippen LogP contribution in [0.1, 0.15) is 29.6 Å². The van der Waals surface area contributed by atoms with Crippen LogP contribution >= 0.6 is 11.8 Å². The number of unbranched alkanes of at least 4 members (excludes halogenated alkanes) is 1. The SMILES string of the molecule is O=C1NC(=O)C(CCCCN2CCN(c3ccccc3)CC2)Sc2ccccc21. The fourth-order valence-electron chi connectivity index (χ4n) is 3.95. The number of fused-ring (bicyclic) bond motifs is 1. The van der Waals surface area contributed by atoms with Crippen molar-refractivity contribution in [2.75, 3.05) is 37.6 Å². The Labute approximate surface area is 176 Å². The van der Waals surface area contributed by atoms with E-state index in [0.29, 0.717) is 5.56 Å². The highest BCUT2D eigenvalue weighted by Gasteiger charge is 2.28. The Hall–Kier alpha value is -2.31. The van der Waals surface area contributed by atoms with E-state index in [4.69, 9.17) is 0 Å². The van der Waals surface area contributed by atoms with Gasteiger partial charge >= 0.3 is 0 Å². The van der Waals surface area contributed by atoms with Crippen LogP contribution in [0.2, 0.25) is 0 Å². The Kier molecular flexibility index (Phi) is 6.52. The van der Waals surface area contributed by atoms with Gasteiger partial charge in [-0.05, 0) is 43.7 Å². The topological polar surface area (TPSA) is 52.7 Å². The molecule has 29 heavy (non-hydrogen) atoms. The lowest BCUT2D eigenvalue weighted by Gasteiger charge is -2.36. The van der Waals surface area contributed by atoms with E-state index in [0.717, 1.165) is 56.9 Å². The van der Waals surface area contributed by atoms with Gasteiger partial charge < -0.3 is 4.90 Å². The van der Waals surface area contributed by atoms with E-state index in [1.54, 1.807) is 6.07 Å². The average molecular weight is 410 g/mol. The lowest BCUT2D eigenvalue weighted by atomic mass is 10.1. The fraction of sp³-hybridized carbons (Fsp3) is 0.391. The van der Waals surface area contributed by atoms with E-state index in [1.807, 2.05) is 18.2 Å². The molecule has 0 aromatic heterocycles. The van der Waals surface area contributed by atoms with Gasteiger partial charge in [0.05, 0.1) is 10.8 Å². The molecule has 2 aromatic rings. The number of thioether (sulfide) groups is 1. The van der Waals surface area contributed by atoms with Crippen LogP contribution in [0.25, 0.3) is 0 Å². The van der Waals surface area contributed by atoms with E-state index < -0.39 is 0 Å². The summed E-state index contributed by atoms with van der Waals surface area (Å²) in [7, 11) is 0. The first kappa shape index (κ1) is 20.0. The van der Waals surface area contributed by atoms with Crippen LogP contribution in [0, 0.1) is 0 Å². The van der Waals surface area contributed by atoms with Gasteiger partial charge in [-0.3, -0.25) is 19.8 Å². The molecule has 2 heterocycles. The molecule has 1 fully saturated rings. The molecule has 1 N–H and O–H groups in total. The number of hydrogen-bond donors (Lipinski definition) is 1. The molecule has 0 aliphatic carbocycles. The lowest BCUT2D eigenvalue weighted by molar-refractivity contribution is -0.119. The average Bonchev–Trinajstić information content (AvgIpc) is 2.88. The number of hydrogen-bond acceptors (Lipinski definition) is 5. The second-order valence-electron chi connectivity index (χ2n) is 7.58. The lowest BCUT2D eigenvalue weighted by Crippen LogP contribution is -2.46. The predicted molar refractivity (Wildman–Crippen MR) is 118 cm³/mol. The van der Waals surface area contributed by atoms with Crippen molar-refractivity contribution in [1.29, 1.82) is 0 Å². The Morgan fingerprint density at radius 3 is 2.41 bits per heavy atom. The Morgan fingerprint density at radius 2 is 1.62 bits per heavy atom. The summed E-state index contributed by atoms with van der Waals surface area (Å²) in [5, 5.41) is 2.35. The largest absolute Gasteiger partial charge is 0.369 e. The van der Waals surface area contributed by atoms with E-state index in [1.165, 1.54) is 17.4 Å². The maximum atomic E-state index is 12.4.